The molecular weight excluding hydrogens is 411 g/mol. The molecule has 0 saturated heterocycles. The Morgan fingerprint density at radius 2 is 1.94 bits per heavy atom. The molecule has 31 heavy (non-hydrogen) atoms. The summed E-state index contributed by atoms with van der Waals surface area (Å²) >= 11 is 0. The van der Waals surface area contributed by atoms with Gasteiger partial charge in [-0.25, -0.2) is 4.98 Å². The highest BCUT2D eigenvalue weighted by molar-refractivity contribution is 5.99. The lowest BCUT2D eigenvalue weighted by molar-refractivity contribution is -0.137. The van der Waals surface area contributed by atoms with E-state index in [2.05, 4.69) is 25.9 Å². The summed E-state index contributed by atoms with van der Waals surface area (Å²) in [5.74, 6) is -0.635. The summed E-state index contributed by atoms with van der Waals surface area (Å²) in [6.45, 7) is -0.431. The van der Waals surface area contributed by atoms with Crippen LogP contribution in [0.2, 0.25) is 0 Å². The average molecular weight is 429 g/mol. The number of aliphatic hydroxyl groups excluding tert-OH is 1. The molecule has 1 aliphatic heterocycles. The summed E-state index contributed by atoms with van der Waals surface area (Å²) in [5.41, 5.74) is 1.56. The van der Waals surface area contributed by atoms with Crippen molar-refractivity contribution in [3.63, 3.8) is 0 Å². The number of amides is 1. The number of hydrogen-bond donors (Lipinski definition) is 4. The number of carbonyl (C=O) groups excluding carboxylic acids is 1. The zero-order valence-corrected chi connectivity index (χ0v) is 16.1. The van der Waals surface area contributed by atoms with Crippen LogP contribution in [0.4, 0.5) is 36.3 Å². The lowest BCUT2D eigenvalue weighted by Gasteiger charge is -2.21. The van der Waals surface area contributed by atoms with Gasteiger partial charge in [-0.3, -0.25) is 4.79 Å². The van der Waals surface area contributed by atoms with Crippen molar-refractivity contribution >= 4 is 29.0 Å². The molecule has 4 N–H and O–H groups in total. The van der Waals surface area contributed by atoms with E-state index in [1.807, 2.05) is 0 Å². The van der Waals surface area contributed by atoms with Crippen LogP contribution in [0.3, 0.4) is 0 Å². The molecule has 0 spiro atoms. The van der Waals surface area contributed by atoms with E-state index in [1.165, 1.54) is 0 Å². The van der Waals surface area contributed by atoms with Crippen LogP contribution < -0.4 is 16.0 Å². The third-order valence-corrected chi connectivity index (χ3v) is 4.78. The number of alkyl halides is 3. The minimum Gasteiger partial charge on any atom is -0.394 e. The normalized spacial score (nSPS) is 14.0. The fraction of sp³-hybridized carbons (Fsp3) is 0.190. The Bertz CT molecular complexity index is 1110. The summed E-state index contributed by atoms with van der Waals surface area (Å²) in [7, 11) is 0. The highest BCUT2D eigenvalue weighted by Gasteiger charge is 2.36. The van der Waals surface area contributed by atoms with Crippen LogP contribution in [0.15, 0.2) is 54.7 Å². The van der Waals surface area contributed by atoms with Crippen molar-refractivity contribution in [2.24, 2.45) is 0 Å². The van der Waals surface area contributed by atoms with E-state index in [0.29, 0.717) is 23.1 Å². The molecule has 0 radical (unpaired) electrons. The summed E-state index contributed by atoms with van der Waals surface area (Å²) in [5, 5.41) is 18.0. The maximum atomic E-state index is 13.5. The molecular formula is C21H18F3N5O2. The Hall–Kier alpha value is -3.66. The third kappa shape index (κ3) is 4.58. The lowest BCUT2D eigenvalue weighted by Crippen LogP contribution is -2.20. The monoisotopic (exact) mass is 429 g/mol. The largest absolute Gasteiger partial charge is 0.421 e. The van der Waals surface area contributed by atoms with Gasteiger partial charge in [0.25, 0.3) is 0 Å². The molecule has 0 bridgehead atoms. The van der Waals surface area contributed by atoms with Crippen LogP contribution >= 0.6 is 0 Å². The van der Waals surface area contributed by atoms with Gasteiger partial charge in [0, 0.05) is 17.6 Å². The van der Waals surface area contributed by atoms with Gasteiger partial charge in [-0.15, -0.1) is 0 Å². The molecule has 7 nitrogen and oxygen atoms in total. The van der Waals surface area contributed by atoms with Gasteiger partial charge in [-0.2, -0.15) is 18.2 Å². The van der Waals surface area contributed by atoms with Crippen molar-refractivity contribution in [3.8, 4) is 0 Å². The number of rotatable bonds is 6. The van der Waals surface area contributed by atoms with Gasteiger partial charge in [-0.1, -0.05) is 30.3 Å². The van der Waals surface area contributed by atoms with E-state index in [4.69, 9.17) is 0 Å². The highest BCUT2D eigenvalue weighted by Crippen LogP contribution is 2.36. The second-order valence-electron chi connectivity index (χ2n) is 6.97. The molecule has 0 saturated carbocycles. The molecule has 0 unspecified atom stereocenters. The predicted molar refractivity (Wildman–Crippen MR) is 109 cm³/mol. The van der Waals surface area contributed by atoms with Crippen molar-refractivity contribution in [2.75, 3.05) is 22.6 Å². The van der Waals surface area contributed by atoms with E-state index >= 15 is 0 Å². The number of aromatic nitrogens is 2. The Morgan fingerprint density at radius 1 is 1.16 bits per heavy atom. The van der Waals surface area contributed by atoms with Gasteiger partial charge in [-0.05, 0) is 29.3 Å². The SMILES string of the molecule is O=C1Cc2cc(Nc3ncc(C(F)(F)F)c(N[C@H](CO)c4ccccc4)n3)ccc2N1. The molecule has 1 aromatic heterocycles. The first-order valence-electron chi connectivity index (χ1n) is 9.40. The number of carbonyl (C=O) groups is 1. The molecule has 3 aromatic rings. The molecule has 1 amide bonds. The van der Waals surface area contributed by atoms with Crippen molar-refractivity contribution in [2.45, 2.75) is 18.6 Å². The van der Waals surface area contributed by atoms with Crippen molar-refractivity contribution < 1.29 is 23.1 Å². The van der Waals surface area contributed by atoms with E-state index in [0.717, 1.165) is 5.56 Å². The third-order valence-electron chi connectivity index (χ3n) is 4.78. The first-order valence-corrected chi connectivity index (χ1v) is 9.40. The minimum absolute atomic E-state index is 0.0579. The van der Waals surface area contributed by atoms with Crippen LogP contribution in [-0.4, -0.2) is 27.6 Å². The number of nitrogens with zero attached hydrogens (tertiary/aromatic N) is 2. The topological polar surface area (TPSA) is 99.2 Å². The smallest absolute Gasteiger partial charge is 0.394 e. The minimum atomic E-state index is -4.68. The average Bonchev–Trinajstić information content (AvgIpc) is 3.11. The second kappa shape index (κ2) is 8.23. The van der Waals surface area contributed by atoms with Crippen LogP contribution in [0.5, 0.6) is 0 Å². The fourth-order valence-electron chi connectivity index (χ4n) is 3.28. The quantitative estimate of drug-likeness (QED) is 0.475. The standard InChI is InChI=1S/C21H18F3N5O2/c22-21(23,24)15-10-25-20(26-14-6-7-16-13(8-14)9-18(31)27-16)29-19(15)28-17(11-30)12-4-2-1-3-5-12/h1-8,10,17,30H,9,11H2,(H,27,31)(H2,25,26,28,29)/t17-/m1/s1. The molecule has 1 aliphatic rings. The molecule has 10 heteroatoms. The number of benzene rings is 2. The number of hydrogen-bond acceptors (Lipinski definition) is 6. The molecule has 4 rings (SSSR count). The number of aliphatic hydroxyl groups is 1. The van der Waals surface area contributed by atoms with Crippen molar-refractivity contribution in [1.29, 1.82) is 0 Å². The van der Waals surface area contributed by atoms with E-state index in [-0.39, 0.29) is 18.3 Å². The first kappa shape index (κ1) is 20.6. The van der Waals surface area contributed by atoms with Crippen LogP contribution in [0, 0.1) is 0 Å². The maximum absolute atomic E-state index is 13.5. The van der Waals surface area contributed by atoms with Crippen LogP contribution in [0.25, 0.3) is 0 Å². The number of nitrogens with one attached hydrogen (secondary N) is 3. The summed E-state index contributed by atoms with van der Waals surface area (Å²) < 4.78 is 40.5. The lowest BCUT2D eigenvalue weighted by atomic mass is 10.1. The molecule has 2 aromatic carbocycles. The Morgan fingerprint density at radius 3 is 2.65 bits per heavy atom. The van der Waals surface area contributed by atoms with Gasteiger partial charge in [0.1, 0.15) is 11.4 Å². The molecule has 0 aliphatic carbocycles. The number of anilines is 4. The maximum Gasteiger partial charge on any atom is 0.421 e. The molecule has 1 atom stereocenters. The van der Waals surface area contributed by atoms with Crippen molar-refractivity contribution in [3.05, 3.63) is 71.4 Å². The Labute approximate surface area is 175 Å². The molecule has 0 fully saturated rings. The zero-order valence-electron chi connectivity index (χ0n) is 16.1. The van der Waals surface area contributed by atoms with E-state index < -0.39 is 30.2 Å². The summed E-state index contributed by atoms with van der Waals surface area (Å²) in [6.07, 6.45) is -3.77. The fourth-order valence-corrected chi connectivity index (χ4v) is 3.28. The van der Waals surface area contributed by atoms with Gasteiger partial charge < -0.3 is 21.1 Å². The Balaban J connectivity index is 1.63. The number of fused-ring (bicyclic) bond motifs is 1. The van der Waals surface area contributed by atoms with Crippen LogP contribution in [0.1, 0.15) is 22.7 Å². The van der Waals surface area contributed by atoms with E-state index in [9.17, 15) is 23.1 Å². The summed E-state index contributed by atoms with van der Waals surface area (Å²) in [4.78, 5) is 19.3. The van der Waals surface area contributed by atoms with E-state index in [1.54, 1.807) is 48.5 Å². The highest BCUT2D eigenvalue weighted by atomic mass is 19.4. The van der Waals surface area contributed by atoms with Gasteiger partial charge in [0.2, 0.25) is 11.9 Å². The second-order valence-corrected chi connectivity index (χ2v) is 6.97. The number of halogens is 3. The first-order chi connectivity index (χ1) is 14.8. The van der Waals surface area contributed by atoms with Gasteiger partial charge in [0.15, 0.2) is 0 Å². The van der Waals surface area contributed by atoms with Crippen molar-refractivity contribution in [1.82, 2.24) is 9.97 Å². The molecule has 160 valence electrons. The van der Waals surface area contributed by atoms with Gasteiger partial charge in [0.05, 0.1) is 19.1 Å². The molecule has 2 heterocycles. The summed E-state index contributed by atoms with van der Waals surface area (Å²) in [6, 6.07) is 12.9. The Kier molecular flexibility index (Phi) is 5.47. The van der Waals surface area contributed by atoms with Gasteiger partial charge >= 0.3 is 6.18 Å². The zero-order chi connectivity index (χ0) is 22.0. The predicted octanol–water partition coefficient (Wildman–Crippen LogP) is 3.88. The van der Waals surface area contributed by atoms with Crippen LogP contribution in [-0.2, 0) is 17.4 Å².